The molecule has 1 aliphatic rings. The maximum absolute atomic E-state index is 10.5. The minimum Gasteiger partial charge on any atom is -0.497 e. The third-order valence-corrected chi connectivity index (χ3v) is 4.50. The van der Waals surface area contributed by atoms with Gasteiger partial charge in [0.15, 0.2) is 0 Å². The van der Waals surface area contributed by atoms with Crippen molar-refractivity contribution in [3.8, 4) is 5.75 Å². The lowest BCUT2D eigenvalue weighted by atomic mass is 9.79. The molecule has 0 heterocycles. The van der Waals surface area contributed by atoms with Crippen LogP contribution in [0.3, 0.4) is 0 Å². The van der Waals surface area contributed by atoms with Gasteiger partial charge in [-0.1, -0.05) is 19.1 Å². The zero-order chi connectivity index (χ0) is 15.3. The standard InChI is InChI=1S/C17H27NO3/c1-13-7-9-17(20,10-8-13)12-18-11-16(19)14-3-5-15(21-2)6-4-14/h3-6,13,16,18-20H,7-12H2,1-2H3. The van der Waals surface area contributed by atoms with Crippen molar-refractivity contribution in [2.75, 3.05) is 20.2 Å². The molecule has 0 aromatic heterocycles. The SMILES string of the molecule is COc1ccc(C(O)CNCC2(O)CCC(C)CC2)cc1. The summed E-state index contributed by atoms with van der Waals surface area (Å²) in [6.45, 7) is 3.23. The second-order valence-corrected chi connectivity index (χ2v) is 6.33. The number of hydrogen-bond acceptors (Lipinski definition) is 4. The number of nitrogens with one attached hydrogen (secondary N) is 1. The molecule has 0 amide bonds. The number of methoxy groups -OCH3 is 1. The van der Waals surface area contributed by atoms with Gasteiger partial charge in [0.1, 0.15) is 5.75 Å². The fraction of sp³-hybridized carbons (Fsp3) is 0.647. The van der Waals surface area contributed by atoms with Crippen molar-refractivity contribution in [1.29, 1.82) is 0 Å². The van der Waals surface area contributed by atoms with E-state index in [2.05, 4.69) is 12.2 Å². The van der Waals surface area contributed by atoms with Crippen LogP contribution < -0.4 is 10.1 Å². The lowest BCUT2D eigenvalue weighted by Gasteiger charge is -2.35. The van der Waals surface area contributed by atoms with Crippen molar-refractivity contribution in [1.82, 2.24) is 5.32 Å². The Kier molecular flexibility index (Phi) is 5.62. The molecule has 118 valence electrons. The molecular weight excluding hydrogens is 266 g/mol. The molecule has 1 aromatic carbocycles. The van der Waals surface area contributed by atoms with E-state index in [1.165, 1.54) is 0 Å². The first-order valence-electron chi connectivity index (χ1n) is 7.77. The molecule has 1 aromatic rings. The van der Waals surface area contributed by atoms with Gasteiger partial charge >= 0.3 is 0 Å². The quantitative estimate of drug-likeness (QED) is 0.753. The average Bonchev–Trinajstić information content (AvgIpc) is 2.50. The molecule has 0 saturated heterocycles. The van der Waals surface area contributed by atoms with Gasteiger partial charge in [-0.2, -0.15) is 0 Å². The Morgan fingerprint density at radius 3 is 2.48 bits per heavy atom. The Morgan fingerprint density at radius 1 is 1.29 bits per heavy atom. The minimum absolute atomic E-state index is 0.449. The van der Waals surface area contributed by atoms with Gasteiger partial charge in [-0.15, -0.1) is 0 Å². The van der Waals surface area contributed by atoms with Crippen LogP contribution in [0.25, 0.3) is 0 Å². The van der Waals surface area contributed by atoms with Crippen LogP contribution in [-0.4, -0.2) is 36.0 Å². The van der Waals surface area contributed by atoms with Gasteiger partial charge in [-0.25, -0.2) is 0 Å². The average molecular weight is 293 g/mol. The van der Waals surface area contributed by atoms with Crippen LogP contribution in [-0.2, 0) is 0 Å². The third-order valence-electron chi connectivity index (χ3n) is 4.50. The van der Waals surface area contributed by atoms with Crippen molar-refractivity contribution in [2.24, 2.45) is 5.92 Å². The molecule has 0 bridgehead atoms. The van der Waals surface area contributed by atoms with E-state index in [1.807, 2.05) is 24.3 Å². The number of rotatable bonds is 6. The van der Waals surface area contributed by atoms with E-state index >= 15 is 0 Å². The van der Waals surface area contributed by atoms with Crippen molar-refractivity contribution < 1.29 is 14.9 Å². The molecule has 1 fully saturated rings. The summed E-state index contributed by atoms with van der Waals surface area (Å²) in [5.41, 5.74) is 0.249. The predicted octanol–water partition coefficient (Wildman–Crippen LogP) is 2.26. The van der Waals surface area contributed by atoms with E-state index in [0.717, 1.165) is 42.9 Å². The van der Waals surface area contributed by atoms with Gasteiger partial charge < -0.3 is 20.3 Å². The van der Waals surface area contributed by atoms with E-state index in [-0.39, 0.29) is 0 Å². The first-order valence-corrected chi connectivity index (χ1v) is 7.77. The molecule has 0 aliphatic heterocycles. The van der Waals surface area contributed by atoms with Crippen LogP contribution >= 0.6 is 0 Å². The molecule has 4 nitrogen and oxygen atoms in total. The lowest BCUT2D eigenvalue weighted by molar-refractivity contribution is -0.00803. The fourth-order valence-corrected chi connectivity index (χ4v) is 2.86. The maximum Gasteiger partial charge on any atom is 0.118 e. The van der Waals surface area contributed by atoms with Gasteiger partial charge in [-0.3, -0.25) is 0 Å². The van der Waals surface area contributed by atoms with Gasteiger partial charge in [0.25, 0.3) is 0 Å². The van der Waals surface area contributed by atoms with E-state index < -0.39 is 11.7 Å². The van der Waals surface area contributed by atoms with Crippen LogP contribution in [0.15, 0.2) is 24.3 Å². The molecule has 4 heteroatoms. The zero-order valence-electron chi connectivity index (χ0n) is 13.0. The van der Waals surface area contributed by atoms with E-state index in [1.54, 1.807) is 7.11 Å². The smallest absolute Gasteiger partial charge is 0.118 e. The monoisotopic (exact) mass is 293 g/mol. The summed E-state index contributed by atoms with van der Waals surface area (Å²) >= 11 is 0. The van der Waals surface area contributed by atoms with E-state index in [9.17, 15) is 10.2 Å². The lowest BCUT2D eigenvalue weighted by Crippen LogP contribution is -2.44. The maximum atomic E-state index is 10.5. The van der Waals surface area contributed by atoms with Gasteiger partial charge in [0.2, 0.25) is 0 Å². The number of aliphatic hydroxyl groups is 2. The Balaban J connectivity index is 1.77. The van der Waals surface area contributed by atoms with Crippen LogP contribution in [0, 0.1) is 5.92 Å². The second-order valence-electron chi connectivity index (χ2n) is 6.33. The van der Waals surface area contributed by atoms with Crippen LogP contribution in [0.5, 0.6) is 5.75 Å². The Bertz CT molecular complexity index is 424. The molecule has 0 radical (unpaired) electrons. The van der Waals surface area contributed by atoms with Crippen LogP contribution in [0.2, 0.25) is 0 Å². The molecule has 0 spiro atoms. The summed E-state index contributed by atoms with van der Waals surface area (Å²) in [5.74, 6) is 1.50. The summed E-state index contributed by atoms with van der Waals surface area (Å²) in [6, 6.07) is 7.41. The van der Waals surface area contributed by atoms with Crippen molar-refractivity contribution >= 4 is 0 Å². The highest BCUT2D eigenvalue weighted by molar-refractivity contribution is 5.28. The molecule has 1 atom stereocenters. The highest BCUT2D eigenvalue weighted by atomic mass is 16.5. The molecule has 1 unspecified atom stereocenters. The summed E-state index contributed by atoms with van der Waals surface area (Å²) < 4.78 is 5.10. The molecule has 2 rings (SSSR count). The molecule has 3 N–H and O–H groups in total. The first kappa shape index (κ1) is 16.3. The van der Waals surface area contributed by atoms with E-state index in [0.29, 0.717) is 13.1 Å². The zero-order valence-corrected chi connectivity index (χ0v) is 13.0. The van der Waals surface area contributed by atoms with Crippen LogP contribution in [0.4, 0.5) is 0 Å². The largest absolute Gasteiger partial charge is 0.497 e. The van der Waals surface area contributed by atoms with E-state index in [4.69, 9.17) is 4.74 Å². The molecule has 1 aliphatic carbocycles. The topological polar surface area (TPSA) is 61.7 Å². The van der Waals surface area contributed by atoms with Crippen molar-refractivity contribution in [3.63, 3.8) is 0 Å². The number of hydrogen-bond donors (Lipinski definition) is 3. The summed E-state index contributed by atoms with van der Waals surface area (Å²) in [4.78, 5) is 0. The predicted molar refractivity (Wildman–Crippen MR) is 83.4 cm³/mol. The van der Waals surface area contributed by atoms with Crippen LogP contribution in [0.1, 0.15) is 44.3 Å². The fourth-order valence-electron chi connectivity index (χ4n) is 2.86. The number of ether oxygens (including phenoxy) is 1. The highest BCUT2D eigenvalue weighted by Crippen LogP contribution is 2.31. The normalized spacial score (nSPS) is 27.3. The Morgan fingerprint density at radius 2 is 1.90 bits per heavy atom. The van der Waals surface area contributed by atoms with Gasteiger partial charge in [0.05, 0.1) is 18.8 Å². The number of benzene rings is 1. The van der Waals surface area contributed by atoms with Crippen molar-refractivity contribution in [2.45, 2.75) is 44.3 Å². The van der Waals surface area contributed by atoms with Gasteiger partial charge in [0, 0.05) is 13.1 Å². The molecular formula is C17H27NO3. The summed E-state index contributed by atoms with van der Waals surface area (Å²) in [5, 5.41) is 23.8. The Labute approximate surface area is 127 Å². The summed E-state index contributed by atoms with van der Waals surface area (Å²) in [7, 11) is 1.62. The second kappa shape index (κ2) is 7.25. The number of aliphatic hydroxyl groups excluding tert-OH is 1. The minimum atomic E-state index is -0.605. The molecule has 21 heavy (non-hydrogen) atoms. The first-order chi connectivity index (χ1) is 10.0. The third kappa shape index (κ3) is 4.70. The van der Waals surface area contributed by atoms with Gasteiger partial charge in [-0.05, 0) is 49.3 Å². The van der Waals surface area contributed by atoms with Crippen molar-refractivity contribution in [3.05, 3.63) is 29.8 Å². The summed E-state index contributed by atoms with van der Waals surface area (Å²) in [6.07, 6.45) is 3.29. The molecule has 1 saturated carbocycles. The highest BCUT2D eigenvalue weighted by Gasteiger charge is 2.31. The Hall–Kier alpha value is -1.10.